The third-order valence-electron chi connectivity index (χ3n) is 2.52. The Morgan fingerprint density at radius 3 is 2.60 bits per heavy atom. The van der Waals surface area contributed by atoms with Crippen LogP contribution in [0.1, 0.15) is 20.8 Å². The molecule has 0 aliphatic carbocycles. The molecule has 20 heavy (non-hydrogen) atoms. The van der Waals surface area contributed by atoms with E-state index < -0.39 is 0 Å². The van der Waals surface area contributed by atoms with Crippen molar-refractivity contribution < 1.29 is 4.79 Å². The number of thioether (sulfide) groups is 1. The third kappa shape index (κ3) is 3.57. The smallest absolute Gasteiger partial charge is 0.233 e. The topological polar surface area (TPSA) is 72.7 Å². The average Bonchev–Trinajstić information content (AvgIpc) is 2.87. The molecule has 1 atom stereocenters. The number of benzene rings is 1. The molecule has 0 fully saturated rings. The zero-order valence-corrected chi connectivity index (χ0v) is 12.5. The van der Waals surface area contributed by atoms with Gasteiger partial charge in [-0.2, -0.15) is 4.68 Å². The molecule has 0 aliphatic rings. The largest absolute Gasteiger partial charge is 0.353 e. The number of carbonyl (C=O) groups is 1. The molecule has 6 nitrogen and oxygen atoms in total. The molecule has 0 saturated heterocycles. The SMILES string of the molecule is CC(C)NC(=O)[C@@H](C)Sc1nnnn1-c1ccccc1. The zero-order valence-electron chi connectivity index (χ0n) is 11.6. The number of nitrogens with zero attached hydrogens (tertiary/aromatic N) is 4. The molecule has 1 aromatic heterocycles. The van der Waals surface area contributed by atoms with Gasteiger partial charge < -0.3 is 5.32 Å². The fourth-order valence-electron chi connectivity index (χ4n) is 1.60. The fourth-order valence-corrected chi connectivity index (χ4v) is 2.41. The number of hydrogen-bond acceptors (Lipinski definition) is 5. The van der Waals surface area contributed by atoms with Crippen molar-refractivity contribution in [2.24, 2.45) is 0 Å². The van der Waals surface area contributed by atoms with E-state index in [1.54, 1.807) is 4.68 Å². The Balaban J connectivity index is 2.12. The highest BCUT2D eigenvalue weighted by atomic mass is 32.2. The van der Waals surface area contributed by atoms with Gasteiger partial charge in [-0.25, -0.2) is 0 Å². The highest BCUT2D eigenvalue weighted by Gasteiger charge is 2.19. The van der Waals surface area contributed by atoms with Crippen LogP contribution >= 0.6 is 11.8 Å². The maximum Gasteiger partial charge on any atom is 0.233 e. The van der Waals surface area contributed by atoms with E-state index in [2.05, 4.69) is 20.8 Å². The highest BCUT2D eigenvalue weighted by molar-refractivity contribution is 8.00. The number of carbonyl (C=O) groups excluding carboxylic acids is 1. The van der Waals surface area contributed by atoms with Gasteiger partial charge in [0.25, 0.3) is 0 Å². The number of tetrazole rings is 1. The first kappa shape index (κ1) is 14.5. The number of nitrogens with one attached hydrogen (secondary N) is 1. The van der Waals surface area contributed by atoms with Crippen LogP contribution in [0.4, 0.5) is 0 Å². The summed E-state index contributed by atoms with van der Waals surface area (Å²) in [7, 11) is 0. The van der Waals surface area contributed by atoms with Gasteiger partial charge >= 0.3 is 0 Å². The summed E-state index contributed by atoms with van der Waals surface area (Å²) < 4.78 is 1.63. The normalized spacial score (nSPS) is 12.4. The number of aromatic nitrogens is 4. The van der Waals surface area contributed by atoms with Crippen molar-refractivity contribution in [2.75, 3.05) is 0 Å². The van der Waals surface area contributed by atoms with Crippen LogP contribution in [0.15, 0.2) is 35.5 Å². The standard InChI is InChI=1S/C13H17N5OS/c1-9(2)14-12(19)10(3)20-13-15-16-17-18(13)11-7-5-4-6-8-11/h4-10H,1-3H3,(H,14,19)/t10-/m1/s1. The Morgan fingerprint density at radius 2 is 1.95 bits per heavy atom. The molecule has 0 saturated carbocycles. The molecule has 0 unspecified atom stereocenters. The molecule has 0 aliphatic heterocycles. The van der Waals surface area contributed by atoms with Crippen LogP contribution < -0.4 is 5.32 Å². The van der Waals surface area contributed by atoms with Crippen LogP contribution in [-0.2, 0) is 4.79 Å². The summed E-state index contributed by atoms with van der Waals surface area (Å²) in [6, 6.07) is 9.72. The van der Waals surface area contributed by atoms with Gasteiger partial charge in [0.15, 0.2) is 0 Å². The van der Waals surface area contributed by atoms with Gasteiger partial charge in [0.2, 0.25) is 11.1 Å². The lowest BCUT2D eigenvalue weighted by atomic mass is 10.3. The number of hydrogen-bond donors (Lipinski definition) is 1. The average molecular weight is 291 g/mol. The van der Waals surface area contributed by atoms with Gasteiger partial charge in [0.05, 0.1) is 10.9 Å². The molecule has 106 valence electrons. The molecule has 1 heterocycles. The Bertz CT molecular complexity index is 569. The van der Waals surface area contributed by atoms with Crippen molar-refractivity contribution >= 4 is 17.7 Å². The molecule has 7 heteroatoms. The van der Waals surface area contributed by atoms with Gasteiger partial charge in [-0.3, -0.25) is 4.79 Å². The molecule has 0 spiro atoms. The van der Waals surface area contributed by atoms with Crippen molar-refractivity contribution in [3.05, 3.63) is 30.3 Å². The molecule has 2 rings (SSSR count). The van der Waals surface area contributed by atoms with E-state index in [1.165, 1.54) is 11.8 Å². The van der Waals surface area contributed by atoms with Gasteiger partial charge in [-0.15, -0.1) is 5.10 Å². The minimum Gasteiger partial charge on any atom is -0.353 e. The first-order valence-corrected chi connectivity index (χ1v) is 7.26. The molecule has 0 radical (unpaired) electrons. The van der Waals surface area contributed by atoms with E-state index in [0.29, 0.717) is 5.16 Å². The van der Waals surface area contributed by atoms with Gasteiger partial charge in [-0.1, -0.05) is 30.0 Å². The predicted molar refractivity (Wildman–Crippen MR) is 77.8 cm³/mol. The first-order chi connectivity index (χ1) is 9.58. The van der Waals surface area contributed by atoms with Crippen LogP contribution in [0.2, 0.25) is 0 Å². The molecule has 1 aromatic carbocycles. The Hall–Kier alpha value is -1.89. The first-order valence-electron chi connectivity index (χ1n) is 6.38. The predicted octanol–water partition coefficient (Wildman–Crippen LogP) is 1.67. The van der Waals surface area contributed by atoms with Crippen molar-refractivity contribution in [3.8, 4) is 5.69 Å². The lowest BCUT2D eigenvalue weighted by molar-refractivity contribution is -0.120. The molecule has 0 bridgehead atoms. The Morgan fingerprint density at radius 1 is 1.25 bits per heavy atom. The fraction of sp³-hybridized carbons (Fsp3) is 0.385. The van der Waals surface area contributed by atoms with E-state index >= 15 is 0 Å². The second kappa shape index (κ2) is 6.51. The van der Waals surface area contributed by atoms with E-state index in [-0.39, 0.29) is 17.2 Å². The summed E-state index contributed by atoms with van der Waals surface area (Å²) in [4.78, 5) is 11.9. The van der Waals surface area contributed by atoms with E-state index in [1.807, 2.05) is 51.1 Å². The third-order valence-corrected chi connectivity index (χ3v) is 3.56. The minimum absolute atomic E-state index is 0.0207. The second-order valence-corrected chi connectivity index (χ2v) is 5.94. The molecule has 1 amide bonds. The van der Waals surface area contributed by atoms with Crippen LogP contribution in [0.25, 0.3) is 5.69 Å². The number of para-hydroxylation sites is 1. The summed E-state index contributed by atoms with van der Waals surface area (Å²) in [6.07, 6.45) is 0. The van der Waals surface area contributed by atoms with E-state index in [0.717, 1.165) is 5.69 Å². The van der Waals surface area contributed by atoms with E-state index in [4.69, 9.17) is 0 Å². The van der Waals surface area contributed by atoms with Crippen LogP contribution in [0.3, 0.4) is 0 Å². The van der Waals surface area contributed by atoms with Crippen molar-refractivity contribution in [1.29, 1.82) is 0 Å². The quantitative estimate of drug-likeness (QED) is 0.848. The highest BCUT2D eigenvalue weighted by Crippen LogP contribution is 2.22. The van der Waals surface area contributed by atoms with Crippen molar-refractivity contribution in [1.82, 2.24) is 25.5 Å². The zero-order chi connectivity index (χ0) is 14.5. The maximum absolute atomic E-state index is 11.9. The summed E-state index contributed by atoms with van der Waals surface area (Å²) in [5, 5.41) is 14.8. The van der Waals surface area contributed by atoms with Crippen LogP contribution in [0, 0.1) is 0 Å². The van der Waals surface area contributed by atoms with Gasteiger partial charge in [0, 0.05) is 6.04 Å². The molecular weight excluding hydrogens is 274 g/mol. The van der Waals surface area contributed by atoms with Gasteiger partial charge in [-0.05, 0) is 43.3 Å². The Labute approximate surface area is 121 Å². The number of rotatable bonds is 5. The minimum atomic E-state index is -0.258. The number of amides is 1. The summed E-state index contributed by atoms with van der Waals surface area (Å²) in [6.45, 7) is 5.71. The Kier molecular flexibility index (Phi) is 4.73. The lowest BCUT2D eigenvalue weighted by Crippen LogP contribution is -2.36. The monoisotopic (exact) mass is 291 g/mol. The van der Waals surface area contributed by atoms with Crippen molar-refractivity contribution in [2.45, 2.75) is 37.2 Å². The molecule has 2 aromatic rings. The lowest BCUT2D eigenvalue weighted by Gasteiger charge is -2.13. The van der Waals surface area contributed by atoms with Crippen LogP contribution in [0.5, 0.6) is 0 Å². The van der Waals surface area contributed by atoms with Gasteiger partial charge in [0.1, 0.15) is 0 Å². The molecular formula is C13H17N5OS. The summed E-state index contributed by atoms with van der Waals surface area (Å²) in [5.74, 6) is -0.0207. The van der Waals surface area contributed by atoms with Crippen molar-refractivity contribution in [3.63, 3.8) is 0 Å². The summed E-state index contributed by atoms with van der Waals surface area (Å²) in [5.41, 5.74) is 0.872. The second-order valence-electron chi connectivity index (χ2n) is 4.63. The maximum atomic E-state index is 11.9. The van der Waals surface area contributed by atoms with Crippen LogP contribution in [-0.4, -0.2) is 37.4 Å². The van der Waals surface area contributed by atoms with E-state index in [9.17, 15) is 4.79 Å². The molecule has 1 N–H and O–H groups in total. The summed E-state index contributed by atoms with van der Waals surface area (Å²) >= 11 is 1.34.